The van der Waals surface area contributed by atoms with Crippen LogP contribution in [0, 0.1) is 0 Å². The molecule has 3 aromatic rings. The first-order valence-electron chi connectivity index (χ1n) is 11.1. The summed E-state index contributed by atoms with van der Waals surface area (Å²) in [6, 6.07) is 21.5. The van der Waals surface area contributed by atoms with Gasteiger partial charge in [-0.25, -0.2) is 0 Å². The van der Waals surface area contributed by atoms with Crippen molar-refractivity contribution in [3.8, 4) is 5.75 Å². The molecule has 1 saturated heterocycles. The molecule has 2 heterocycles. The smallest absolute Gasteiger partial charge is 0.313 e. The predicted molar refractivity (Wildman–Crippen MR) is 125 cm³/mol. The first kappa shape index (κ1) is 20.5. The number of rotatable bonds is 4. The zero-order chi connectivity index (χ0) is 21.4. The van der Waals surface area contributed by atoms with Crippen molar-refractivity contribution >= 4 is 28.3 Å². The van der Waals surface area contributed by atoms with Crippen molar-refractivity contribution in [2.75, 3.05) is 13.1 Å². The summed E-state index contributed by atoms with van der Waals surface area (Å²) in [6.45, 7) is 4.36. The molecule has 0 amide bonds. The number of carbonyl (C=O) groups excluding carboxylic acids is 1. The van der Waals surface area contributed by atoms with Crippen LogP contribution in [0.3, 0.4) is 0 Å². The number of likely N-dealkylation sites (tertiary alicyclic amines) is 1. The molecule has 0 spiro atoms. The molecule has 1 N–H and O–H groups in total. The molecule has 2 aliphatic heterocycles. The lowest BCUT2D eigenvalue weighted by molar-refractivity contribution is -0.136. The largest absolute Gasteiger partial charge is 0.426 e. The Labute approximate surface area is 188 Å². The second-order valence-corrected chi connectivity index (χ2v) is 9.11. The number of hydrogen-bond acceptors (Lipinski definition) is 4. The highest BCUT2D eigenvalue weighted by Crippen LogP contribution is 2.36. The molecule has 4 nitrogen and oxygen atoms in total. The van der Waals surface area contributed by atoms with E-state index in [9.17, 15) is 4.79 Å². The van der Waals surface area contributed by atoms with Gasteiger partial charge in [0.1, 0.15) is 5.75 Å². The van der Waals surface area contributed by atoms with E-state index < -0.39 is 0 Å². The Morgan fingerprint density at radius 3 is 2.61 bits per heavy atom. The highest BCUT2D eigenvalue weighted by atomic mass is 35.5. The summed E-state index contributed by atoms with van der Waals surface area (Å²) in [5.41, 5.74) is 2.35. The van der Waals surface area contributed by atoms with E-state index in [2.05, 4.69) is 59.6 Å². The standard InChI is InChI=1S/C26H27ClN2O2/c1-17(19-7-6-18-4-2-3-5-20(18)14-19)29-12-10-22(11-13-29)28-24-16-26(30)31-25-9-8-21(27)15-23(24)25/h2-9,14-15,17,22,24,28H,10-13,16H2,1H3/t17-,24-/m0/s1. The lowest BCUT2D eigenvalue weighted by Crippen LogP contribution is -2.45. The molecule has 2 atom stereocenters. The minimum atomic E-state index is -0.185. The SMILES string of the molecule is C[C@@H](c1ccc2ccccc2c1)N1CCC(N[C@H]2CC(=O)Oc3ccc(Cl)cc32)CC1. The fourth-order valence-electron chi connectivity index (χ4n) is 4.89. The van der Waals surface area contributed by atoms with E-state index in [1.807, 2.05) is 6.07 Å². The number of piperidine rings is 1. The van der Waals surface area contributed by atoms with Crippen molar-refractivity contribution in [1.82, 2.24) is 10.2 Å². The number of ether oxygens (including phenoxy) is 1. The van der Waals surface area contributed by atoms with Gasteiger partial charge in [-0.1, -0.05) is 48.0 Å². The average molecular weight is 435 g/mol. The van der Waals surface area contributed by atoms with Gasteiger partial charge in [-0.3, -0.25) is 9.69 Å². The molecule has 1 fully saturated rings. The molecule has 31 heavy (non-hydrogen) atoms. The molecular formula is C26H27ClN2O2. The third kappa shape index (κ3) is 4.33. The van der Waals surface area contributed by atoms with Crippen LogP contribution in [0.25, 0.3) is 10.8 Å². The molecule has 0 unspecified atom stereocenters. The van der Waals surface area contributed by atoms with Gasteiger partial charge < -0.3 is 10.1 Å². The van der Waals surface area contributed by atoms with Crippen LogP contribution in [0.2, 0.25) is 5.02 Å². The Kier molecular flexibility index (Phi) is 5.70. The van der Waals surface area contributed by atoms with Crippen LogP contribution in [-0.4, -0.2) is 30.0 Å². The van der Waals surface area contributed by atoms with Crippen LogP contribution in [0.5, 0.6) is 5.75 Å². The van der Waals surface area contributed by atoms with Gasteiger partial charge in [0.25, 0.3) is 0 Å². The molecule has 0 saturated carbocycles. The minimum Gasteiger partial charge on any atom is -0.426 e. The Balaban J connectivity index is 1.23. The lowest BCUT2D eigenvalue weighted by atomic mass is 9.95. The van der Waals surface area contributed by atoms with Crippen molar-refractivity contribution in [2.45, 2.75) is 44.3 Å². The molecule has 5 heteroatoms. The van der Waals surface area contributed by atoms with E-state index in [1.165, 1.54) is 16.3 Å². The third-order valence-corrected chi connectivity index (χ3v) is 6.95. The van der Waals surface area contributed by atoms with Crippen LogP contribution in [0.4, 0.5) is 0 Å². The number of carbonyl (C=O) groups is 1. The monoisotopic (exact) mass is 434 g/mol. The molecule has 5 rings (SSSR count). The van der Waals surface area contributed by atoms with Gasteiger partial charge in [-0.15, -0.1) is 0 Å². The zero-order valence-electron chi connectivity index (χ0n) is 17.7. The Morgan fingerprint density at radius 2 is 1.81 bits per heavy atom. The number of benzene rings is 3. The van der Waals surface area contributed by atoms with Crippen molar-refractivity contribution in [3.63, 3.8) is 0 Å². The first-order valence-corrected chi connectivity index (χ1v) is 11.4. The Hall–Kier alpha value is -2.40. The van der Waals surface area contributed by atoms with Crippen molar-refractivity contribution < 1.29 is 9.53 Å². The van der Waals surface area contributed by atoms with Crippen LogP contribution >= 0.6 is 11.6 Å². The van der Waals surface area contributed by atoms with Crippen LogP contribution in [0.1, 0.15) is 49.4 Å². The molecular weight excluding hydrogens is 408 g/mol. The van der Waals surface area contributed by atoms with E-state index in [-0.39, 0.29) is 12.0 Å². The number of fused-ring (bicyclic) bond motifs is 2. The van der Waals surface area contributed by atoms with E-state index in [0.29, 0.717) is 29.3 Å². The molecule has 2 aliphatic rings. The summed E-state index contributed by atoms with van der Waals surface area (Å²) >= 11 is 6.19. The first-order chi connectivity index (χ1) is 15.1. The minimum absolute atomic E-state index is 0.0376. The summed E-state index contributed by atoms with van der Waals surface area (Å²) < 4.78 is 5.39. The number of nitrogens with zero attached hydrogens (tertiary/aromatic N) is 1. The molecule has 160 valence electrons. The maximum absolute atomic E-state index is 12.1. The number of hydrogen-bond donors (Lipinski definition) is 1. The predicted octanol–water partition coefficient (Wildman–Crippen LogP) is 5.66. The fourth-order valence-corrected chi connectivity index (χ4v) is 5.07. The van der Waals surface area contributed by atoms with Gasteiger partial charge in [-0.2, -0.15) is 0 Å². The number of esters is 1. The molecule has 0 bridgehead atoms. The van der Waals surface area contributed by atoms with Crippen LogP contribution < -0.4 is 10.1 Å². The Morgan fingerprint density at radius 1 is 1.03 bits per heavy atom. The summed E-state index contributed by atoms with van der Waals surface area (Å²) in [5, 5.41) is 6.96. The molecule has 3 aromatic carbocycles. The summed E-state index contributed by atoms with van der Waals surface area (Å²) in [4.78, 5) is 14.6. The zero-order valence-corrected chi connectivity index (χ0v) is 18.4. The van der Waals surface area contributed by atoms with Gasteiger partial charge >= 0.3 is 5.97 Å². The van der Waals surface area contributed by atoms with E-state index in [0.717, 1.165) is 31.5 Å². The highest BCUT2D eigenvalue weighted by Gasteiger charge is 2.31. The molecule has 0 aromatic heterocycles. The van der Waals surface area contributed by atoms with Gasteiger partial charge in [0.05, 0.1) is 6.42 Å². The lowest BCUT2D eigenvalue weighted by Gasteiger charge is -2.38. The average Bonchev–Trinajstić information content (AvgIpc) is 2.79. The van der Waals surface area contributed by atoms with Gasteiger partial charge in [0.15, 0.2) is 0 Å². The number of nitrogens with one attached hydrogen (secondary N) is 1. The van der Waals surface area contributed by atoms with Gasteiger partial charge in [-0.05, 0) is 60.4 Å². The maximum atomic E-state index is 12.1. The number of halogens is 1. The van der Waals surface area contributed by atoms with Gasteiger partial charge in [0, 0.05) is 41.8 Å². The fraction of sp³-hybridized carbons (Fsp3) is 0.346. The summed E-state index contributed by atoms with van der Waals surface area (Å²) in [7, 11) is 0. The topological polar surface area (TPSA) is 41.6 Å². The van der Waals surface area contributed by atoms with Gasteiger partial charge in [0.2, 0.25) is 0 Å². The second-order valence-electron chi connectivity index (χ2n) is 8.67. The van der Waals surface area contributed by atoms with E-state index in [1.54, 1.807) is 12.1 Å². The van der Waals surface area contributed by atoms with Crippen molar-refractivity contribution in [2.24, 2.45) is 0 Å². The molecule has 0 radical (unpaired) electrons. The summed E-state index contributed by atoms with van der Waals surface area (Å²) in [5.74, 6) is 0.440. The normalized spacial score (nSPS) is 21.0. The quantitative estimate of drug-likeness (QED) is 0.425. The van der Waals surface area contributed by atoms with Crippen molar-refractivity contribution in [3.05, 3.63) is 76.8 Å². The van der Waals surface area contributed by atoms with E-state index >= 15 is 0 Å². The molecule has 0 aliphatic carbocycles. The van der Waals surface area contributed by atoms with Crippen LogP contribution in [0.15, 0.2) is 60.7 Å². The third-order valence-electron chi connectivity index (χ3n) is 6.71. The summed E-state index contributed by atoms with van der Waals surface area (Å²) in [6.07, 6.45) is 2.46. The Bertz CT molecular complexity index is 1110. The van der Waals surface area contributed by atoms with Crippen LogP contribution in [-0.2, 0) is 4.79 Å². The maximum Gasteiger partial charge on any atom is 0.313 e. The second kappa shape index (κ2) is 8.62. The van der Waals surface area contributed by atoms with Crippen molar-refractivity contribution in [1.29, 1.82) is 0 Å². The highest BCUT2D eigenvalue weighted by molar-refractivity contribution is 6.30. The van der Waals surface area contributed by atoms with E-state index in [4.69, 9.17) is 16.3 Å².